The number of amides is 2. The monoisotopic (exact) mass is 305 g/mol. The predicted octanol–water partition coefficient (Wildman–Crippen LogP) is 2.78. The number of hydrogen-bond donors (Lipinski definition) is 3. The normalized spacial score (nSPS) is 10.2. The first kappa shape index (κ1) is 15.0. The number of urea groups is 1. The summed E-state index contributed by atoms with van der Waals surface area (Å²) in [7, 11) is 0. The molecule has 0 spiro atoms. The summed E-state index contributed by atoms with van der Waals surface area (Å²) in [5.74, 6) is -1.02. The number of anilines is 1. The van der Waals surface area contributed by atoms with Gasteiger partial charge in [0.1, 0.15) is 0 Å². The van der Waals surface area contributed by atoms with E-state index in [0.717, 1.165) is 10.7 Å². The molecule has 0 saturated heterocycles. The Balaban J connectivity index is 1.99. The number of aromatic nitrogens is 1. The van der Waals surface area contributed by atoms with Gasteiger partial charge in [-0.3, -0.25) is 0 Å². The van der Waals surface area contributed by atoms with Gasteiger partial charge < -0.3 is 15.7 Å². The van der Waals surface area contributed by atoms with E-state index in [2.05, 4.69) is 15.6 Å². The van der Waals surface area contributed by atoms with Gasteiger partial charge in [0.05, 0.1) is 22.8 Å². The lowest BCUT2D eigenvalue weighted by molar-refractivity contribution is 0.0696. The van der Waals surface area contributed by atoms with Gasteiger partial charge in [-0.2, -0.15) is 0 Å². The van der Waals surface area contributed by atoms with Crippen molar-refractivity contribution < 1.29 is 14.7 Å². The number of carboxylic acid groups (broad SMARTS) is 1. The van der Waals surface area contributed by atoms with Crippen molar-refractivity contribution in [2.45, 2.75) is 20.4 Å². The standard InChI is InChI=1S/C14H15N3O3S/c1-8-11(13(18)19)4-3-5-12(8)17-14(20)15-6-10-7-21-9(2)16-10/h3-5,7H,6H2,1-2H3,(H,18,19)(H2,15,17,20). The van der Waals surface area contributed by atoms with Crippen molar-refractivity contribution in [2.24, 2.45) is 0 Å². The number of carbonyl (C=O) groups is 2. The number of aryl methyl sites for hydroxylation is 1. The fourth-order valence-electron chi connectivity index (χ4n) is 1.83. The molecule has 0 aliphatic rings. The third-order valence-corrected chi connectivity index (χ3v) is 3.73. The first-order valence-corrected chi connectivity index (χ1v) is 7.14. The van der Waals surface area contributed by atoms with Crippen LogP contribution in [0.4, 0.5) is 10.5 Å². The molecule has 21 heavy (non-hydrogen) atoms. The Hall–Kier alpha value is -2.41. The van der Waals surface area contributed by atoms with Gasteiger partial charge >= 0.3 is 12.0 Å². The Morgan fingerprint density at radius 3 is 2.71 bits per heavy atom. The summed E-state index contributed by atoms with van der Waals surface area (Å²) in [5, 5.41) is 17.2. The maximum Gasteiger partial charge on any atom is 0.336 e. The molecule has 1 aromatic heterocycles. The summed E-state index contributed by atoms with van der Waals surface area (Å²) in [6.45, 7) is 3.88. The fourth-order valence-corrected chi connectivity index (χ4v) is 2.44. The molecule has 0 saturated carbocycles. The van der Waals surface area contributed by atoms with Crippen LogP contribution in [0.3, 0.4) is 0 Å². The zero-order valence-electron chi connectivity index (χ0n) is 11.6. The lowest BCUT2D eigenvalue weighted by Crippen LogP contribution is -2.28. The largest absolute Gasteiger partial charge is 0.478 e. The summed E-state index contributed by atoms with van der Waals surface area (Å²) in [6, 6.07) is 4.36. The van der Waals surface area contributed by atoms with Gasteiger partial charge in [-0.25, -0.2) is 14.6 Å². The number of carboxylic acids is 1. The summed E-state index contributed by atoms with van der Waals surface area (Å²) >= 11 is 1.52. The van der Waals surface area contributed by atoms with E-state index in [1.165, 1.54) is 17.4 Å². The first-order valence-electron chi connectivity index (χ1n) is 6.26. The van der Waals surface area contributed by atoms with E-state index in [0.29, 0.717) is 17.8 Å². The molecule has 0 unspecified atom stereocenters. The number of benzene rings is 1. The lowest BCUT2D eigenvalue weighted by Gasteiger charge is -2.11. The SMILES string of the molecule is Cc1nc(CNC(=O)Nc2cccc(C(=O)O)c2C)cs1. The molecule has 0 aliphatic heterocycles. The van der Waals surface area contributed by atoms with Gasteiger partial charge in [0.15, 0.2) is 0 Å². The number of nitrogens with zero attached hydrogens (tertiary/aromatic N) is 1. The topological polar surface area (TPSA) is 91.3 Å². The average Bonchev–Trinajstić information content (AvgIpc) is 2.84. The second-order valence-corrected chi connectivity index (χ2v) is 5.51. The van der Waals surface area contributed by atoms with Crippen molar-refractivity contribution in [3.05, 3.63) is 45.4 Å². The molecular formula is C14H15N3O3S. The summed E-state index contributed by atoms with van der Waals surface area (Å²) in [5.41, 5.74) is 1.96. The van der Waals surface area contributed by atoms with Gasteiger partial charge in [0.2, 0.25) is 0 Å². The number of hydrogen-bond acceptors (Lipinski definition) is 4. The van der Waals surface area contributed by atoms with Crippen LogP contribution in [0.1, 0.15) is 26.6 Å². The smallest absolute Gasteiger partial charge is 0.336 e. The highest BCUT2D eigenvalue weighted by Crippen LogP contribution is 2.18. The number of carbonyl (C=O) groups excluding carboxylic acids is 1. The van der Waals surface area contributed by atoms with Crippen molar-refractivity contribution >= 4 is 29.0 Å². The van der Waals surface area contributed by atoms with Crippen LogP contribution in [0.5, 0.6) is 0 Å². The molecule has 2 rings (SSSR count). The van der Waals surface area contributed by atoms with Gasteiger partial charge in [-0.15, -0.1) is 11.3 Å². The molecule has 2 aromatic rings. The molecular weight excluding hydrogens is 290 g/mol. The summed E-state index contributed by atoms with van der Waals surface area (Å²) in [4.78, 5) is 27.1. The van der Waals surface area contributed by atoms with Gasteiger partial charge in [0.25, 0.3) is 0 Å². The minimum atomic E-state index is -1.02. The zero-order chi connectivity index (χ0) is 15.4. The van der Waals surface area contributed by atoms with E-state index in [1.54, 1.807) is 19.1 Å². The average molecular weight is 305 g/mol. The first-order chi connectivity index (χ1) is 9.97. The highest BCUT2D eigenvalue weighted by molar-refractivity contribution is 7.09. The Kier molecular flexibility index (Phi) is 4.54. The molecule has 3 N–H and O–H groups in total. The molecule has 1 heterocycles. The van der Waals surface area contributed by atoms with E-state index in [9.17, 15) is 9.59 Å². The molecule has 6 nitrogen and oxygen atoms in total. The van der Waals surface area contributed by atoms with E-state index >= 15 is 0 Å². The highest BCUT2D eigenvalue weighted by Gasteiger charge is 2.11. The fraction of sp³-hybridized carbons (Fsp3) is 0.214. The van der Waals surface area contributed by atoms with Crippen LogP contribution in [0.15, 0.2) is 23.6 Å². The van der Waals surface area contributed by atoms with E-state index < -0.39 is 12.0 Å². The zero-order valence-corrected chi connectivity index (χ0v) is 12.5. The number of aromatic carboxylic acids is 1. The van der Waals surface area contributed by atoms with Crippen molar-refractivity contribution in [3.63, 3.8) is 0 Å². The summed E-state index contributed by atoms with van der Waals surface area (Å²) in [6.07, 6.45) is 0. The Bertz CT molecular complexity index is 682. The molecule has 2 amide bonds. The molecule has 0 bridgehead atoms. The second-order valence-electron chi connectivity index (χ2n) is 4.45. The van der Waals surface area contributed by atoms with Crippen LogP contribution in [-0.2, 0) is 6.54 Å². The van der Waals surface area contributed by atoms with Crippen LogP contribution >= 0.6 is 11.3 Å². The second kappa shape index (κ2) is 6.36. The maximum atomic E-state index is 11.8. The van der Waals surface area contributed by atoms with Gasteiger partial charge in [-0.05, 0) is 31.5 Å². The van der Waals surface area contributed by atoms with Crippen molar-refractivity contribution in [2.75, 3.05) is 5.32 Å². The molecule has 0 radical (unpaired) electrons. The van der Waals surface area contributed by atoms with E-state index in [-0.39, 0.29) is 5.56 Å². The third kappa shape index (κ3) is 3.79. The van der Waals surface area contributed by atoms with Crippen LogP contribution in [0.25, 0.3) is 0 Å². The molecule has 0 atom stereocenters. The van der Waals surface area contributed by atoms with Crippen LogP contribution in [0, 0.1) is 13.8 Å². The molecule has 0 fully saturated rings. The van der Waals surface area contributed by atoms with E-state index in [1.807, 2.05) is 12.3 Å². The Labute approximate surface area is 125 Å². The maximum absolute atomic E-state index is 11.8. The summed E-state index contributed by atoms with van der Waals surface area (Å²) < 4.78 is 0. The van der Waals surface area contributed by atoms with Crippen LogP contribution < -0.4 is 10.6 Å². The van der Waals surface area contributed by atoms with Crippen molar-refractivity contribution in [1.29, 1.82) is 0 Å². The van der Waals surface area contributed by atoms with Gasteiger partial charge in [0, 0.05) is 11.1 Å². The van der Waals surface area contributed by atoms with Gasteiger partial charge in [-0.1, -0.05) is 6.07 Å². The Morgan fingerprint density at radius 2 is 2.10 bits per heavy atom. The quantitative estimate of drug-likeness (QED) is 0.810. The number of nitrogens with one attached hydrogen (secondary N) is 2. The molecule has 0 aliphatic carbocycles. The minimum Gasteiger partial charge on any atom is -0.478 e. The highest BCUT2D eigenvalue weighted by atomic mass is 32.1. The van der Waals surface area contributed by atoms with Crippen LogP contribution in [0.2, 0.25) is 0 Å². The molecule has 110 valence electrons. The van der Waals surface area contributed by atoms with Crippen molar-refractivity contribution in [3.8, 4) is 0 Å². The minimum absolute atomic E-state index is 0.169. The third-order valence-electron chi connectivity index (χ3n) is 2.91. The molecule has 7 heteroatoms. The predicted molar refractivity (Wildman–Crippen MR) is 80.8 cm³/mol. The number of rotatable bonds is 4. The molecule has 1 aromatic carbocycles. The van der Waals surface area contributed by atoms with Crippen LogP contribution in [-0.4, -0.2) is 22.1 Å². The van der Waals surface area contributed by atoms with Crippen molar-refractivity contribution in [1.82, 2.24) is 10.3 Å². The number of thiazole rings is 1. The van der Waals surface area contributed by atoms with E-state index in [4.69, 9.17) is 5.11 Å². The lowest BCUT2D eigenvalue weighted by atomic mass is 10.1. The Morgan fingerprint density at radius 1 is 1.33 bits per heavy atom.